The first-order valence-electron chi connectivity index (χ1n) is 5.49. The van der Waals surface area contributed by atoms with Gasteiger partial charge >= 0.3 is 0 Å². The number of carbonyl (C=O) groups excluding carboxylic acids is 2. The maximum Gasteiger partial charge on any atom is 0.243 e. The molecule has 0 spiro atoms. The van der Waals surface area contributed by atoms with Crippen molar-refractivity contribution in [1.29, 1.82) is 0 Å². The summed E-state index contributed by atoms with van der Waals surface area (Å²) in [4.78, 5) is 22.8. The molecule has 0 heterocycles. The molecule has 4 heteroatoms. The van der Waals surface area contributed by atoms with E-state index in [4.69, 9.17) is 5.73 Å². The number of carbonyl (C=O) groups is 2. The Labute approximate surface area is 91.6 Å². The summed E-state index contributed by atoms with van der Waals surface area (Å²) >= 11 is 0. The predicted octanol–water partition coefficient (Wildman–Crippen LogP) is 1.19. The van der Waals surface area contributed by atoms with Crippen LogP contribution in [0.15, 0.2) is 0 Å². The molecular formula is C11H22N2O2. The Bertz CT molecular complexity index is 241. The van der Waals surface area contributed by atoms with Gasteiger partial charge in [-0.3, -0.25) is 9.59 Å². The van der Waals surface area contributed by atoms with E-state index in [1.807, 2.05) is 20.8 Å². The molecule has 2 atom stereocenters. The Morgan fingerprint density at radius 2 is 1.93 bits per heavy atom. The minimum Gasteiger partial charge on any atom is -0.368 e. The summed E-state index contributed by atoms with van der Waals surface area (Å²) < 4.78 is 0. The lowest BCUT2D eigenvalue weighted by molar-refractivity contribution is -0.133. The highest BCUT2D eigenvalue weighted by Crippen LogP contribution is 2.20. The molecule has 0 unspecified atom stereocenters. The second kappa shape index (κ2) is 5.73. The molecule has 0 aromatic heterocycles. The maximum absolute atomic E-state index is 11.5. The molecule has 0 aromatic rings. The first-order chi connectivity index (χ1) is 6.88. The molecule has 0 fully saturated rings. The summed E-state index contributed by atoms with van der Waals surface area (Å²) in [5.74, 6) is -0.545. The van der Waals surface area contributed by atoms with Crippen LogP contribution in [0, 0.1) is 5.92 Å². The lowest BCUT2D eigenvalue weighted by Gasteiger charge is -2.33. The quantitative estimate of drug-likeness (QED) is 0.697. The van der Waals surface area contributed by atoms with Crippen molar-refractivity contribution in [2.24, 2.45) is 11.7 Å². The van der Waals surface area contributed by atoms with Crippen LogP contribution in [0.2, 0.25) is 0 Å². The zero-order valence-electron chi connectivity index (χ0n) is 10.1. The number of nitrogens with one attached hydrogen (secondary N) is 1. The predicted molar refractivity (Wildman–Crippen MR) is 60.1 cm³/mol. The average molecular weight is 214 g/mol. The molecule has 3 N–H and O–H groups in total. The largest absolute Gasteiger partial charge is 0.368 e. The summed E-state index contributed by atoms with van der Waals surface area (Å²) in [6.45, 7) is 7.50. The van der Waals surface area contributed by atoms with Gasteiger partial charge in [-0.15, -0.1) is 0 Å². The molecule has 0 aliphatic rings. The summed E-state index contributed by atoms with van der Waals surface area (Å²) in [7, 11) is 0. The van der Waals surface area contributed by atoms with Crippen molar-refractivity contribution in [3.63, 3.8) is 0 Å². The van der Waals surface area contributed by atoms with Crippen LogP contribution < -0.4 is 11.1 Å². The van der Waals surface area contributed by atoms with E-state index in [1.165, 1.54) is 0 Å². The molecule has 2 amide bonds. The smallest absolute Gasteiger partial charge is 0.243 e. The molecule has 15 heavy (non-hydrogen) atoms. The zero-order valence-corrected chi connectivity index (χ0v) is 10.1. The van der Waals surface area contributed by atoms with Crippen LogP contribution in [0.1, 0.15) is 47.0 Å². The summed E-state index contributed by atoms with van der Waals surface area (Å²) in [5, 5.41) is 2.73. The molecule has 0 radical (unpaired) electrons. The molecule has 0 aromatic carbocycles. The van der Waals surface area contributed by atoms with Gasteiger partial charge in [0.1, 0.15) is 5.54 Å². The van der Waals surface area contributed by atoms with Crippen LogP contribution in [0.3, 0.4) is 0 Å². The van der Waals surface area contributed by atoms with Crippen molar-refractivity contribution >= 4 is 11.8 Å². The Morgan fingerprint density at radius 3 is 2.27 bits per heavy atom. The van der Waals surface area contributed by atoms with Crippen LogP contribution >= 0.6 is 0 Å². The molecule has 88 valence electrons. The number of amides is 2. The fourth-order valence-electron chi connectivity index (χ4n) is 1.42. The van der Waals surface area contributed by atoms with E-state index in [-0.39, 0.29) is 11.8 Å². The normalized spacial score (nSPS) is 16.5. The van der Waals surface area contributed by atoms with Crippen molar-refractivity contribution < 1.29 is 9.59 Å². The van der Waals surface area contributed by atoms with Crippen LogP contribution in [-0.2, 0) is 9.59 Å². The maximum atomic E-state index is 11.5. The van der Waals surface area contributed by atoms with E-state index in [2.05, 4.69) is 5.32 Å². The van der Waals surface area contributed by atoms with Gasteiger partial charge in [-0.25, -0.2) is 0 Å². The molecule has 0 aliphatic heterocycles. The Morgan fingerprint density at radius 1 is 1.40 bits per heavy atom. The third-order valence-corrected chi connectivity index (χ3v) is 2.99. The van der Waals surface area contributed by atoms with Gasteiger partial charge in [0.15, 0.2) is 0 Å². The third kappa shape index (κ3) is 3.53. The van der Waals surface area contributed by atoms with Gasteiger partial charge in [-0.2, -0.15) is 0 Å². The van der Waals surface area contributed by atoms with Crippen molar-refractivity contribution in [2.45, 2.75) is 52.5 Å². The molecule has 0 saturated heterocycles. The highest BCUT2D eigenvalue weighted by molar-refractivity contribution is 5.90. The number of primary amides is 1. The summed E-state index contributed by atoms with van der Waals surface area (Å²) in [6.07, 6.45) is 1.99. The monoisotopic (exact) mass is 214 g/mol. The van der Waals surface area contributed by atoms with Crippen LogP contribution in [0.4, 0.5) is 0 Å². The number of nitrogens with two attached hydrogens (primary N) is 1. The molecule has 4 nitrogen and oxygen atoms in total. The van der Waals surface area contributed by atoms with Gasteiger partial charge in [0.05, 0.1) is 0 Å². The molecule has 0 bridgehead atoms. The van der Waals surface area contributed by atoms with Gasteiger partial charge in [0, 0.05) is 6.42 Å². The first-order valence-corrected chi connectivity index (χ1v) is 5.49. The SMILES string of the molecule is CCCC(=O)N[C@@](C)(C(N)=O)[C@H](C)CC. The summed E-state index contributed by atoms with van der Waals surface area (Å²) in [5.41, 5.74) is 4.41. The Kier molecular flexibility index (Phi) is 5.33. The van der Waals surface area contributed by atoms with Crippen molar-refractivity contribution in [3.05, 3.63) is 0 Å². The second-order valence-electron chi connectivity index (χ2n) is 4.17. The molecule has 0 saturated carbocycles. The van der Waals surface area contributed by atoms with Crippen molar-refractivity contribution in [2.75, 3.05) is 0 Å². The lowest BCUT2D eigenvalue weighted by atomic mass is 9.84. The highest BCUT2D eigenvalue weighted by atomic mass is 16.2. The van der Waals surface area contributed by atoms with E-state index in [1.54, 1.807) is 6.92 Å². The number of rotatable bonds is 6. The van der Waals surface area contributed by atoms with Crippen LogP contribution in [0.25, 0.3) is 0 Å². The minimum atomic E-state index is -0.930. The molecule has 0 aliphatic carbocycles. The third-order valence-electron chi connectivity index (χ3n) is 2.99. The topological polar surface area (TPSA) is 72.2 Å². The van der Waals surface area contributed by atoms with Gasteiger partial charge in [0.25, 0.3) is 0 Å². The zero-order chi connectivity index (χ0) is 12.1. The second-order valence-corrected chi connectivity index (χ2v) is 4.17. The Balaban J connectivity index is 4.66. The molecular weight excluding hydrogens is 192 g/mol. The number of hydrogen-bond donors (Lipinski definition) is 2. The average Bonchev–Trinajstić information content (AvgIpc) is 2.16. The number of hydrogen-bond acceptors (Lipinski definition) is 2. The van der Waals surface area contributed by atoms with Gasteiger partial charge in [-0.05, 0) is 19.3 Å². The molecule has 0 rings (SSSR count). The fraction of sp³-hybridized carbons (Fsp3) is 0.818. The van der Waals surface area contributed by atoms with Gasteiger partial charge in [0.2, 0.25) is 11.8 Å². The minimum absolute atomic E-state index is 0.0378. The standard InChI is InChI=1S/C11H22N2O2/c1-5-7-9(14)13-11(4,10(12)15)8(3)6-2/h8H,5-7H2,1-4H3,(H2,12,15)(H,13,14)/t8-,11-/m1/s1. The van der Waals surface area contributed by atoms with E-state index >= 15 is 0 Å². The van der Waals surface area contributed by atoms with Crippen molar-refractivity contribution in [1.82, 2.24) is 5.32 Å². The van der Waals surface area contributed by atoms with E-state index in [0.717, 1.165) is 12.8 Å². The summed E-state index contributed by atoms with van der Waals surface area (Å²) in [6, 6.07) is 0. The lowest BCUT2D eigenvalue weighted by Crippen LogP contribution is -2.59. The Hall–Kier alpha value is -1.06. The first kappa shape index (κ1) is 13.9. The van der Waals surface area contributed by atoms with Gasteiger partial charge < -0.3 is 11.1 Å². The highest BCUT2D eigenvalue weighted by Gasteiger charge is 2.37. The van der Waals surface area contributed by atoms with Gasteiger partial charge in [-0.1, -0.05) is 27.2 Å². The van der Waals surface area contributed by atoms with E-state index in [9.17, 15) is 9.59 Å². The van der Waals surface area contributed by atoms with Crippen LogP contribution in [0.5, 0.6) is 0 Å². The van der Waals surface area contributed by atoms with Crippen molar-refractivity contribution in [3.8, 4) is 0 Å². The van der Waals surface area contributed by atoms with E-state index in [0.29, 0.717) is 6.42 Å². The van der Waals surface area contributed by atoms with E-state index < -0.39 is 11.4 Å². The van der Waals surface area contributed by atoms with Crippen LogP contribution in [-0.4, -0.2) is 17.4 Å². The fourth-order valence-corrected chi connectivity index (χ4v) is 1.42.